The first-order valence-electron chi connectivity index (χ1n) is 6.17. The Balaban J connectivity index is 2.22. The monoisotopic (exact) mass is 260 g/mol. The highest BCUT2D eigenvalue weighted by molar-refractivity contribution is 5.56. The van der Waals surface area contributed by atoms with E-state index in [1.165, 1.54) is 0 Å². The number of benzene rings is 1. The van der Waals surface area contributed by atoms with Crippen molar-refractivity contribution < 1.29 is 4.74 Å². The van der Waals surface area contributed by atoms with Gasteiger partial charge in [-0.25, -0.2) is 0 Å². The van der Waals surface area contributed by atoms with E-state index in [1.807, 2.05) is 13.1 Å². The molecule has 2 aromatic rings. The lowest BCUT2D eigenvalue weighted by atomic mass is 10.1. The maximum atomic E-state index is 5.60. The number of nitrogen functional groups attached to an aromatic ring is 1. The number of H-pyrrole nitrogens is 1. The number of anilines is 2. The van der Waals surface area contributed by atoms with Gasteiger partial charge >= 0.3 is 0 Å². The second-order valence-corrected chi connectivity index (χ2v) is 4.79. The zero-order valence-electron chi connectivity index (χ0n) is 11.8. The van der Waals surface area contributed by atoms with E-state index in [1.54, 1.807) is 7.11 Å². The summed E-state index contributed by atoms with van der Waals surface area (Å²) in [6, 6.07) is 6.08. The van der Waals surface area contributed by atoms with E-state index >= 15 is 0 Å². The van der Waals surface area contributed by atoms with Gasteiger partial charge in [-0.2, -0.15) is 5.10 Å². The fourth-order valence-corrected chi connectivity index (χ4v) is 2.28. The van der Waals surface area contributed by atoms with Crippen LogP contribution >= 0.6 is 0 Å². The van der Waals surface area contributed by atoms with Crippen molar-refractivity contribution in [1.29, 1.82) is 0 Å². The molecule has 0 aliphatic rings. The highest BCUT2D eigenvalue weighted by Gasteiger charge is 2.09. The Kier molecular flexibility index (Phi) is 3.64. The molecule has 1 heterocycles. The van der Waals surface area contributed by atoms with Crippen LogP contribution in [0, 0.1) is 13.8 Å². The summed E-state index contributed by atoms with van der Waals surface area (Å²) in [5.74, 6) is 1.47. The number of nitrogens with zero attached hydrogens (tertiary/aromatic N) is 2. The van der Waals surface area contributed by atoms with E-state index in [0.29, 0.717) is 5.82 Å². The molecule has 0 radical (unpaired) electrons. The molecule has 0 bridgehead atoms. The molecule has 3 N–H and O–H groups in total. The number of aryl methyl sites for hydroxylation is 2. The van der Waals surface area contributed by atoms with Gasteiger partial charge < -0.3 is 15.4 Å². The number of hydrogen-bond acceptors (Lipinski definition) is 4. The summed E-state index contributed by atoms with van der Waals surface area (Å²) in [5, 5.41) is 6.85. The molecule has 0 spiro atoms. The lowest BCUT2D eigenvalue weighted by Gasteiger charge is -2.21. The van der Waals surface area contributed by atoms with E-state index in [4.69, 9.17) is 10.5 Å². The fourth-order valence-electron chi connectivity index (χ4n) is 2.28. The molecule has 5 heteroatoms. The predicted molar refractivity (Wildman–Crippen MR) is 77.6 cm³/mol. The van der Waals surface area contributed by atoms with Gasteiger partial charge in [0.25, 0.3) is 0 Å². The molecule has 0 fully saturated rings. The summed E-state index contributed by atoms with van der Waals surface area (Å²) >= 11 is 0. The van der Waals surface area contributed by atoms with Crippen molar-refractivity contribution in [2.45, 2.75) is 20.4 Å². The molecule has 0 aliphatic carbocycles. The van der Waals surface area contributed by atoms with Crippen molar-refractivity contribution in [3.63, 3.8) is 0 Å². The Morgan fingerprint density at radius 3 is 2.37 bits per heavy atom. The third-order valence-corrected chi connectivity index (χ3v) is 3.15. The minimum absolute atomic E-state index is 0.519. The maximum absolute atomic E-state index is 5.60. The first kappa shape index (κ1) is 13.3. The maximum Gasteiger partial charge on any atom is 0.145 e. The molecule has 19 heavy (non-hydrogen) atoms. The molecule has 0 saturated heterocycles. The first-order chi connectivity index (χ1) is 9.01. The number of nitrogens with two attached hydrogens (primary N) is 1. The molecule has 0 amide bonds. The van der Waals surface area contributed by atoms with E-state index < -0.39 is 0 Å². The number of nitrogens with one attached hydrogen (secondary N) is 1. The molecular weight excluding hydrogens is 240 g/mol. The van der Waals surface area contributed by atoms with Crippen LogP contribution in [-0.4, -0.2) is 24.4 Å². The minimum atomic E-state index is 0.519. The molecule has 102 valence electrons. The summed E-state index contributed by atoms with van der Waals surface area (Å²) in [7, 11) is 3.74. The highest BCUT2D eigenvalue weighted by Crippen LogP contribution is 2.28. The van der Waals surface area contributed by atoms with Crippen LogP contribution in [0.15, 0.2) is 18.2 Å². The summed E-state index contributed by atoms with van der Waals surface area (Å²) in [5.41, 5.74) is 10.0. The summed E-state index contributed by atoms with van der Waals surface area (Å²) < 4.78 is 5.38. The summed E-state index contributed by atoms with van der Waals surface area (Å²) in [6.45, 7) is 4.84. The van der Waals surface area contributed by atoms with Crippen LogP contribution in [0.1, 0.15) is 16.8 Å². The van der Waals surface area contributed by atoms with Crippen molar-refractivity contribution in [1.82, 2.24) is 10.2 Å². The van der Waals surface area contributed by atoms with Gasteiger partial charge in [0.2, 0.25) is 0 Å². The SMILES string of the molecule is COc1c(C)cc(N(C)Cc2cc(N)n[nH]2)cc1C. The fraction of sp³-hybridized carbons (Fsp3) is 0.357. The zero-order valence-corrected chi connectivity index (χ0v) is 11.8. The lowest BCUT2D eigenvalue weighted by Crippen LogP contribution is -2.17. The third-order valence-electron chi connectivity index (χ3n) is 3.15. The molecule has 2 rings (SSSR count). The van der Waals surface area contributed by atoms with Gasteiger partial charge in [-0.05, 0) is 37.1 Å². The summed E-state index contributed by atoms with van der Waals surface area (Å²) in [4.78, 5) is 2.15. The van der Waals surface area contributed by atoms with Gasteiger partial charge in [-0.3, -0.25) is 5.10 Å². The Morgan fingerprint density at radius 1 is 1.26 bits per heavy atom. The Hall–Kier alpha value is -2.17. The van der Waals surface area contributed by atoms with Crippen LogP contribution < -0.4 is 15.4 Å². The number of rotatable bonds is 4. The van der Waals surface area contributed by atoms with Crippen LogP contribution in [0.25, 0.3) is 0 Å². The van der Waals surface area contributed by atoms with Crippen molar-refractivity contribution >= 4 is 11.5 Å². The number of ether oxygens (including phenoxy) is 1. The Labute approximate surface area is 113 Å². The van der Waals surface area contributed by atoms with E-state index in [9.17, 15) is 0 Å². The zero-order chi connectivity index (χ0) is 14.0. The minimum Gasteiger partial charge on any atom is -0.496 e. The predicted octanol–water partition coefficient (Wildman–Crippen LogP) is 2.25. The van der Waals surface area contributed by atoms with Crippen molar-refractivity contribution in [2.75, 3.05) is 24.8 Å². The van der Waals surface area contributed by atoms with Gasteiger partial charge in [-0.1, -0.05) is 0 Å². The quantitative estimate of drug-likeness (QED) is 0.884. The van der Waals surface area contributed by atoms with Crippen LogP contribution in [0.3, 0.4) is 0 Å². The topological polar surface area (TPSA) is 67.2 Å². The average Bonchev–Trinajstić information content (AvgIpc) is 2.74. The number of methoxy groups -OCH3 is 1. The van der Waals surface area contributed by atoms with E-state index in [0.717, 1.165) is 34.8 Å². The molecule has 5 nitrogen and oxygen atoms in total. The third kappa shape index (κ3) is 2.81. The Morgan fingerprint density at radius 2 is 1.89 bits per heavy atom. The first-order valence-corrected chi connectivity index (χ1v) is 6.17. The lowest BCUT2D eigenvalue weighted by molar-refractivity contribution is 0.408. The molecule has 0 aliphatic heterocycles. The molecule has 1 aromatic carbocycles. The molecule has 1 aromatic heterocycles. The highest BCUT2D eigenvalue weighted by atomic mass is 16.5. The molecular formula is C14H20N4O. The molecule has 0 atom stereocenters. The number of hydrogen-bond donors (Lipinski definition) is 2. The van der Waals surface area contributed by atoms with Gasteiger partial charge in [0, 0.05) is 18.8 Å². The normalized spacial score (nSPS) is 10.5. The molecule has 0 unspecified atom stereocenters. The van der Waals surface area contributed by atoms with Gasteiger partial charge in [0.1, 0.15) is 11.6 Å². The van der Waals surface area contributed by atoms with E-state index in [-0.39, 0.29) is 0 Å². The standard InChI is InChI=1S/C14H20N4O/c1-9-5-12(6-10(2)14(9)19-4)18(3)8-11-7-13(15)17-16-11/h5-7H,8H2,1-4H3,(H3,15,16,17). The number of aromatic nitrogens is 2. The number of aromatic amines is 1. The second kappa shape index (κ2) is 5.22. The van der Waals surface area contributed by atoms with Crippen molar-refractivity contribution in [3.8, 4) is 5.75 Å². The van der Waals surface area contributed by atoms with Gasteiger partial charge in [-0.15, -0.1) is 0 Å². The smallest absolute Gasteiger partial charge is 0.145 e. The average molecular weight is 260 g/mol. The van der Waals surface area contributed by atoms with Crippen LogP contribution in [0.2, 0.25) is 0 Å². The van der Waals surface area contributed by atoms with Crippen LogP contribution in [-0.2, 0) is 6.54 Å². The van der Waals surface area contributed by atoms with Crippen molar-refractivity contribution in [3.05, 3.63) is 35.0 Å². The van der Waals surface area contributed by atoms with Gasteiger partial charge in [0.05, 0.1) is 19.3 Å². The van der Waals surface area contributed by atoms with Crippen LogP contribution in [0.5, 0.6) is 5.75 Å². The second-order valence-electron chi connectivity index (χ2n) is 4.79. The van der Waals surface area contributed by atoms with Crippen LogP contribution in [0.4, 0.5) is 11.5 Å². The summed E-state index contributed by atoms with van der Waals surface area (Å²) in [6.07, 6.45) is 0. The van der Waals surface area contributed by atoms with Crippen molar-refractivity contribution in [2.24, 2.45) is 0 Å². The van der Waals surface area contributed by atoms with Gasteiger partial charge in [0.15, 0.2) is 0 Å². The Bertz CT molecular complexity index is 554. The van der Waals surface area contributed by atoms with E-state index in [2.05, 4.69) is 41.1 Å². The molecule has 0 saturated carbocycles. The largest absolute Gasteiger partial charge is 0.496 e.